The van der Waals surface area contributed by atoms with E-state index in [0.717, 1.165) is 31.0 Å². The molecule has 1 aromatic rings. The number of carbonyl (C=O) groups is 1. The van der Waals surface area contributed by atoms with Crippen molar-refractivity contribution in [3.8, 4) is 0 Å². The van der Waals surface area contributed by atoms with E-state index >= 15 is 0 Å². The number of nitro benzene ring substituents is 1. The van der Waals surface area contributed by atoms with Crippen LogP contribution < -0.4 is 0 Å². The van der Waals surface area contributed by atoms with Gasteiger partial charge in [0.05, 0.1) is 10.5 Å². The molecule has 5 nitrogen and oxygen atoms in total. The van der Waals surface area contributed by atoms with Gasteiger partial charge in [0.15, 0.2) is 0 Å². The second kappa shape index (κ2) is 5.19. The number of carbonyl (C=O) groups excluding carboxylic acids is 1. The fourth-order valence-electron chi connectivity index (χ4n) is 2.28. The molecule has 1 heterocycles. The highest BCUT2D eigenvalue weighted by Gasteiger charge is 2.30. The van der Waals surface area contributed by atoms with Gasteiger partial charge in [-0.1, -0.05) is 13.8 Å². The molecule has 0 saturated carbocycles. The van der Waals surface area contributed by atoms with Crippen molar-refractivity contribution in [1.29, 1.82) is 0 Å². The monoisotopic (exact) mass is 280 g/mol. The number of nitro groups is 1. The van der Waals surface area contributed by atoms with Gasteiger partial charge in [-0.05, 0) is 24.3 Å². The molecule has 0 radical (unpaired) electrons. The van der Waals surface area contributed by atoms with E-state index in [2.05, 4.69) is 13.8 Å². The number of halogens is 1. The molecule has 1 aliphatic rings. The number of benzene rings is 1. The summed E-state index contributed by atoms with van der Waals surface area (Å²) in [6.45, 7) is 5.35. The largest absolute Gasteiger partial charge is 0.339 e. The second-order valence-corrected chi connectivity index (χ2v) is 5.88. The topological polar surface area (TPSA) is 63.5 Å². The summed E-state index contributed by atoms with van der Waals surface area (Å²) < 4.78 is 13.7. The van der Waals surface area contributed by atoms with Crippen molar-refractivity contribution in [2.75, 3.05) is 13.1 Å². The van der Waals surface area contributed by atoms with Gasteiger partial charge in [-0.25, -0.2) is 4.39 Å². The predicted molar refractivity (Wildman–Crippen MR) is 72.0 cm³/mol. The quantitative estimate of drug-likeness (QED) is 0.618. The maximum atomic E-state index is 13.7. The standard InChI is InChI=1S/C14H17FN2O3/c1-14(2)5-7-16(8-6-14)13(18)11-9-10(17(19)20)3-4-12(11)15/h3-4,9H,5-8H2,1-2H3. The van der Waals surface area contributed by atoms with Crippen LogP contribution in [0, 0.1) is 21.3 Å². The fraction of sp³-hybridized carbons (Fsp3) is 0.500. The van der Waals surface area contributed by atoms with Gasteiger partial charge >= 0.3 is 0 Å². The van der Waals surface area contributed by atoms with Crippen LogP contribution in [0.15, 0.2) is 18.2 Å². The van der Waals surface area contributed by atoms with Crippen molar-refractivity contribution in [3.05, 3.63) is 39.7 Å². The lowest BCUT2D eigenvalue weighted by atomic mass is 9.82. The van der Waals surface area contributed by atoms with Gasteiger partial charge in [-0.3, -0.25) is 14.9 Å². The Morgan fingerprint density at radius 3 is 2.50 bits per heavy atom. The van der Waals surface area contributed by atoms with E-state index in [4.69, 9.17) is 0 Å². The number of hydrogen-bond acceptors (Lipinski definition) is 3. The van der Waals surface area contributed by atoms with Crippen molar-refractivity contribution in [2.24, 2.45) is 5.41 Å². The van der Waals surface area contributed by atoms with Crippen molar-refractivity contribution < 1.29 is 14.1 Å². The summed E-state index contributed by atoms with van der Waals surface area (Å²) >= 11 is 0. The lowest BCUT2D eigenvalue weighted by Gasteiger charge is -2.36. The average Bonchev–Trinajstić information content (AvgIpc) is 2.38. The Morgan fingerprint density at radius 2 is 1.95 bits per heavy atom. The Hall–Kier alpha value is -1.98. The van der Waals surface area contributed by atoms with Crippen LogP contribution in [0.1, 0.15) is 37.0 Å². The first-order valence-corrected chi connectivity index (χ1v) is 6.53. The first kappa shape index (κ1) is 14.4. The lowest BCUT2D eigenvalue weighted by molar-refractivity contribution is -0.384. The number of piperidine rings is 1. The van der Waals surface area contributed by atoms with Gasteiger partial charge in [0.2, 0.25) is 0 Å². The van der Waals surface area contributed by atoms with E-state index in [-0.39, 0.29) is 16.7 Å². The van der Waals surface area contributed by atoms with E-state index in [1.54, 1.807) is 4.90 Å². The third-order valence-corrected chi connectivity index (χ3v) is 3.80. The number of amides is 1. The van der Waals surface area contributed by atoms with Crippen LogP contribution in [-0.2, 0) is 0 Å². The third-order valence-electron chi connectivity index (χ3n) is 3.80. The molecule has 0 aliphatic carbocycles. The molecule has 0 N–H and O–H groups in total. The molecule has 1 saturated heterocycles. The minimum Gasteiger partial charge on any atom is -0.339 e. The van der Waals surface area contributed by atoms with Crippen LogP contribution in [0.5, 0.6) is 0 Å². The molecule has 1 amide bonds. The molecule has 0 atom stereocenters. The summed E-state index contributed by atoms with van der Waals surface area (Å²) in [4.78, 5) is 23.9. The smallest absolute Gasteiger partial charge is 0.270 e. The van der Waals surface area contributed by atoms with E-state index in [1.807, 2.05) is 0 Å². The average molecular weight is 280 g/mol. The minimum absolute atomic E-state index is 0.179. The molecule has 2 rings (SSSR count). The Labute approximate surface area is 116 Å². The van der Waals surface area contributed by atoms with Gasteiger partial charge in [0.1, 0.15) is 5.82 Å². The Balaban J connectivity index is 2.21. The van der Waals surface area contributed by atoms with Gasteiger partial charge in [0.25, 0.3) is 11.6 Å². The summed E-state index contributed by atoms with van der Waals surface area (Å²) in [5, 5.41) is 10.7. The van der Waals surface area contributed by atoms with E-state index < -0.39 is 16.6 Å². The van der Waals surface area contributed by atoms with Crippen molar-refractivity contribution >= 4 is 11.6 Å². The van der Waals surface area contributed by atoms with Crippen molar-refractivity contribution in [1.82, 2.24) is 4.90 Å². The Morgan fingerprint density at radius 1 is 1.35 bits per heavy atom. The first-order chi connectivity index (χ1) is 9.30. The van der Waals surface area contributed by atoms with Crippen LogP contribution >= 0.6 is 0 Å². The lowest BCUT2D eigenvalue weighted by Crippen LogP contribution is -2.41. The zero-order valence-electron chi connectivity index (χ0n) is 11.6. The highest BCUT2D eigenvalue weighted by molar-refractivity contribution is 5.95. The number of nitrogens with zero attached hydrogens (tertiary/aromatic N) is 2. The van der Waals surface area contributed by atoms with Crippen molar-refractivity contribution in [2.45, 2.75) is 26.7 Å². The molecule has 6 heteroatoms. The normalized spacial score (nSPS) is 17.9. The van der Waals surface area contributed by atoms with Gasteiger partial charge < -0.3 is 4.90 Å². The molecular formula is C14H17FN2O3. The zero-order chi connectivity index (χ0) is 14.9. The second-order valence-electron chi connectivity index (χ2n) is 5.88. The van der Waals surface area contributed by atoms with Crippen LogP contribution in [0.2, 0.25) is 0 Å². The predicted octanol–water partition coefficient (Wildman–Crippen LogP) is 3.00. The molecule has 0 spiro atoms. The summed E-state index contributed by atoms with van der Waals surface area (Å²) in [7, 11) is 0. The number of rotatable bonds is 2. The van der Waals surface area contributed by atoms with Crippen LogP contribution in [0.25, 0.3) is 0 Å². The van der Waals surface area contributed by atoms with Gasteiger partial charge in [0, 0.05) is 25.2 Å². The number of likely N-dealkylation sites (tertiary alicyclic amines) is 1. The number of hydrogen-bond donors (Lipinski definition) is 0. The third kappa shape index (κ3) is 2.95. The molecule has 20 heavy (non-hydrogen) atoms. The maximum absolute atomic E-state index is 13.7. The summed E-state index contributed by atoms with van der Waals surface area (Å²) in [6, 6.07) is 3.04. The molecule has 0 unspecified atom stereocenters. The number of non-ortho nitro benzene ring substituents is 1. The highest BCUT2D eigenvalue weighted by atomic mass is 19.1. The Bertz CT molecular complexity index is 547. The fourth-order valence-corrected chi connectivity index (χ4v) is 2.28. The summed E-state index contributed by atoms with van der Waals surface area (Å²) in [6.07, 6.45) is 1.69. The van der Waals surface area contributed by atoms with Crippen LogP contribution in [-0.4, -0.2) is 28.8 Å². The van der Waals surface area contributed by atoms with Crippen LogP contribution in [0.3, 0.4) is 0 Å². The molecule has 0 bridgehead atoms. The molecule has 1 aromatic carbocycles. The molecule has 1 fully saturated rings. The highest BCUT2D eigenvalue weighted by Crippen LogP contribution is 2.30. The maximum Gasteiger partial charge on any atom is 0.270 e. The minimum atomic E-state index is -0.717. The molecule has 1 aliphatic heterocycles. The summed E-state index contributed by atoms with van der Waals surface area (Å²) in [5.74, 6) is -1.19. The zero-order valence-corrected chi connectivity index (χ0v) is 11.6. The van der Waals surface area contributed by atoms with Crippen LogP contribution in [0.4, 0.5) is 10.1 Å². The molecular weight excluding hydrogens is 263 g/mol. The molecule has 108 valence electrons. The van der Waals surface area contributed by atoms with E-state index in [0.29, 0.717) is 13.1 Å². The first-order valence-electron chi connectivity index (χ1n) is 6.53. The SMILES string of the molecule is CC1(C)CCN(C(=O)c2cc([N+](=O)[O-])ccc2F)CC1. The van der Waals surface area contributed by atoms with Gasteiger partial charge in [-0.2, -0.15) is 0 Å². The van der Waals surface area contributed by atoms with E-state index in [1.165, 1.54) is 0 Å². The van der Waals surface area contributed by atoms with E-state index in [9.17, 15) is 19.3 Å². The Kier molecular flexibility index (Phi) is 3.74. The van der Waals surface area contributed by atoms with Crippen molar-refractivity contribution in [3.63, 3.8) is 0 Å². The molecule has 0 aromatic heterocycles. The summed E-state index contributed by atoms with van der Waals surface area (Å²) in [5.41, 5.74) is -0.316. The van der Waals surface area contributed by atoms with Gasteiger partial charge in [-0.15, -0.1) is 0 Å².